The number of amides is 5. The van der Waals surface area contributed by atoms with E-state index in [1.165, 1.54) is 17.3 Å². The van der Waals surface area contributed by atoms with Crippen LogP contribution in [0.1, 0.15) is 75.9 Å². The summed E-state index contributed by atoms with van der Waals surface area (Å²) >= 11 is 7.75. The number of alkyl halides is 1. The van der Waals surface area contributed by atoms with Crippen molar-refractivity contribution < 1.29 is 28.7 Å². The van der Waals surface area contributed by atoms with Crippen LogP contribution in [0.15, 0.2) is 108 Å². The Balaban J connectivity index is 0.973. The Morgan fingerprint density at radius 2 is 1.52 bits per heavy atom. The Kier molecular flexibility index (Phi) is 13.0. The highest BCUT2D eigenvalue weighted by Crippen LogP contribution is 2.36. The maximum Gasteiger partial charge on any atom is 0.263 e. The Bertz CT molecular complexity index is 2040. The van der Waals surface area contributed by atoms with Gasteiger partial charge in [0, 0.05) is 30.7 Å². The highest BCUT2D eigenvalue weighted by Gasteiger charge is 2.45. The molecular formula is C43H42ClN3O6S. The minimum atomic E-state index is -1.00. The highest BCUT2D eigenvalue weighted by atomic mass is 35.5. The number of ether oxygens (including phenoxy) is 1. The topological polar surface area (TPSA) is 113 Å². The fourth-order valence-corrected chi connectivity index (χ4v) is 8.04. The Labute approximate surface area is 324 Å². The predicted molar refractivity (Wildman–Crippen MR) is 211 cm³/mol. The van der Waals surface area contributed by atoms with E-state index in [4.69, 9.17) is 16.3 Å². The summed E-state index contributed by atoms with van der Waals surface area (Å²) in [6.45, 7) is 0.788. The fourth-order valence-electron chi connectivity index (χ4n) is 6.77. The van der Waals surface area contributed by atoms with Crippen molar-refractivity contribution in [3.05, 3.63) is 131 Å². The highest BCUT2D eigenvalue weighted by molar-refractivity contribution is 7.99. The zero-order valence-corrected chi connectivity index (χ0v) is 31.7. The summed E-state index contributed by atoms with van der Waals surface area (Å²) in [5.41, 5.74) is 6.17. The van der Waals surface area contributed by atoms with Crippen molar-refractivity contribution in [2.24, 2.45) is 0 Å². The monoisotopic (exact) mass is 763 g/mol. The van der Waals surface area contributed by atoms with Gasteiger partial charge in [0.05, 0.1) is 17.7 Å². The van der Waals surface area contributed by atoms with Gasteiger partial charge in [-0.1, -0.05) is 78.9 Å². The Morgan fingerprint density at radius 3 is 2.20 bits per heavy atom. The molecule has 1 saturated heterocycles. The molecule has 4 aromatic rings. The summed E-state index contributed by atoms with van der Waals surface area (Å²) in [5.74, 6) is -0.198. The Morgan fingerprint density at radius 1 is 0.833 bits per heavy atom. The standard InChI is InChI=1S/C43H42ClN3O6S/c1-46(26-27-53-32-20-18-31(19-21-32)39(30-13-6-3-7-14-30)33(24-25-44)29-11-4-2-5-12-29)38(49)17-8-9-28-54-36-16-10-15-34-40(36)43(52)47(42(34)51)35-22-23-37(48)45-41(35)50/h2-7,10-16,18-21,35H,8-9,17,22-28H2,1H3,(H,45,48,50). The number of imide groups is 2. The van der Waals surface area contributed by atoms with E-state index < -0.39 is 29.7 Å². The first-order valence-corrected chi connectivity index (χ1v) is 19.6. The van der Waals surface area contributed by atoms with E-state index in [9.17, 15) is 24.0 Å². The number of nitrogens with one attached hydrogen (secondary N) is 1. The van der Waals surface area contributed by atoms with Crippen LogP contribution in [-0.4, -0.2) is 77.2 Å². The van der Waals surface area contributed by atoms with Crippen LogP contribution in [0.5, 0.6) is 5.75 Å². The lowest BCUT2D eigenvalue weighted by atomic mass is 9.88. The fraction of sp³-hybridized carbons (Fsp3) is 0.279. The minimum Gasteiger partial charge on any atom is -0.492 e. The quantitative estimate of drug-likeness (QED) is 0.0414. The molecule has 0 spiro atoms. The number of halogens is 1. The molecule has 0 aliphatic carbocycles. The first-order chi connectivity index (χ1) is 26.3. The SMILES string of the molecule is CN(CCOc1ccc(C(=C(CCCl)c2ccccc2)c2ccccc2)cc1)C(=O)CCCCSc1cccc2c1C(=O)N(C1CCC(=O)NC1=O)C2=O. The van der Waals surface area contributed by atoms with E-state index in [1.807, 2.05) is 48.5 Å². The van der Waals surface area contributed by atoms with E-state index in [1.54, 1.807) is 30.1 Å². The number of carbonyl (C=O) groups excluding carboxylic acids is 5. The first-order valence-electron chi connectivity index (χ1n) is 18.1. The summed E-state index contributed by atoms with van der Waals surface area (Å²) in [6, 6.07) is 32.8. The molecule has 1 fully saturated rings. The van der Waals surface area contributed by atoms with Crippen LogP contribution in [0, 0.1) is 0 Å². The number of hydrogen-bond acceptors (Lipinski definition) is 7. The van der Waals surface area contributed by atoms with Gasteiger partial charge in [-0.3, -0.25) is 34.2 Å². The number of unbranched alkanes of at least 4 members (excludes halogenated alkanes) is 1. The van der Waals surface area contributed by atoms with Crippen LogP contribution in [0.25, 0.3) is 11.1 Å². The molecule has 2 aliphatic rings. The number of rotatable bonds is 16. The van der Waals surface area contributed by atoms with Gasteiger partial charge < -0.3 is 9.64 Å². The predicted octanol–water partition coefficient (Wildman–Crippen LogP) is 7.48. The molecule has 1 N–H and O–H groups in total. The molecule has 0 bridgehead atoms. The second kappa shape index (κ2) is 18.2. The number of fused-ring (bicyclic) bond motifs is 1. The molecular weight excluding hydrogens is 722 g/mol. The third-order valence-electron chi connectivity index (χ3n) is 9.57. The number of allylic oxidation sites excluding steroid dienone is 1. The van der Waals surface area contributed by atoms with E-state index >= 15 is 0 Å². The van der Waals surface area contributed by atoms with Gasteiger partial charge in [-0.25, -0.2) is 0 Å². The number of thioether (sulfide) groups is 1. The summed E-state index contributed by atoms with van der Waals surface area (Å²) in [5, 5.41) is 2.22. The molecule has 6 rings (SSSR count). The van der Waals surface area contributed by atoms with Crippen molar-refractivity contribution in [3.63, 3.8) is 0 Å². The average Bonchev–Trinajstić information content (AvgIpc) is 3.44. The van der Waals surface area contributed by atoms with Crippen LogP contribution in [0.2, 0.25) is 0 Å². The van der Waals surface area contributed by atoms with Gasteiger partial charge in [0.25, 0.3) is 11.8 Å². The molecule has 0 radical (unpaired) electrons. The smallest absolute Gasteiger partial charge is 0.263 e. The second-order valence-corrected chi connectivity index (χ2v) is 14.7. The number of carbonyl (C=O) groups is 5. The maximum absolute atomic E-state index is 13.3. The van der Waals surface area contributed by atoms with Crippen molar-refractivity contribution in [2.75, 3.05) is 31.8 Å². The van der Waals surface area contributed by atoms with E-state index in [0.29, 0.717) is 48.1 Å². The van der Waals surface area contributed by atoms with Crippen LogP contribution in [0.4, 0.5) is 0 Å². The molecule has 9 nitrogen and oxygen atoms in total. The van der Waals surface area contributed by atoms with Crippen LogP contribution in [0.3, 0.4) is 0 Å². The molecule has 4 aromatic carbocycles. The van der Waals surface area contributed by atoms with E-state index in [2.05, 4.69) is 41.7 Å². The number of piperidine rings is 1. The van der Waals surface area contributed by atoms with Crippen molar-refractivity contribution in [3.8, 4) is 5.75 Å². The summed E-state index contributed by atoms with van der Waals surface area (Å²) in [4.78, 5) is 66.6. The van der Waals surface area contributed by atoms with Gasteiger partial charge in [0.2, 0.25) is 17.7 Å². The normalized spacial score (nSPS) is 15.8. The molecule has 0 aromatic heterocycles. The second-order valence-electron chi connectivity index (χ2n) is 13.1. The number of likely N-dealkylation sites (N-methyl/N-ethyl adjacent to an activating group) is 1. The molecule has 5 amide bonds. The zero-order chi connectivity index (χ0) is 38.0. The van der Waals surface area contributed by atoms with Gasteiger partial charge >= 0.3 is 0 Å². The average molecular weight is 764 g/mol. The van der Waals surface area contributed by atoms with E-state index in [-0.39, 0.29) is 24.3 Å². The molecule has 0 saturated carbocycles. The third kappa shape index (κ3) is 8.94. The van der Waals surface area contributed by atoms with Crippen LogP contribution >= 0.6 is 23.4 Å². The summed E-state index contributed by atoms with van der Waals surface area (Å²) in [6.07, 6.45) is 2.67. The van der Waals surface area contributed by atoms with Crippen LogP contribution in [-0.2, 0) is 14.4 Å². The minimum absolute atomic E-state index is 0.0191. The van der Waals surface area contributed by atoms with Gasteiger partial charge in [0.15, 0.2) is 0 Å². The summed E-state index contributed by atoms with van der Waals surface area (Å²) < 4.78 is 6.04. The first kappa shape index (κ1) is 38.5. The van der Waals surface area contributed by atoms with Gasteiger partial charge in [0.1, 0.15) is 18.4 Å². The van der Waals surface area contributed by atoms with Gasteiger partial charge in [-0.15, -0.1) is 23.4 Å². The number of hydrogen-bond donors (Lipinski definition) is 1. The van der Waals surface area contributed by atoms with Crippen molar-refractivity contribution in [1.29, 1.82) is 0 Å². The lowest BCUT2D eigenvalue weighted by Crippen LogP contribution is -2.54. The molecule has 11 heteroatoms. The molecule has 278 valence electrons. The third-order valence-corrected chi connectivity index (χ3v) is 10.9. The lowest BCUT2D eigenvalue weighted by Gasteiger charge is -2.27. The summed E-state index contributed by atoms with van der Waals surface area (Å²) in [7, 11) is 1.77. The molecule has 1 atom stereocenters. The zero-order valence-electron chi connectivity index (χ0n) is 30.1. The largest absolute Gasteiger partial charge is 0.492 e. The molecule has 54 heavy (non-hydrogen) atoms. The van der Waals surface area contributed by atoms with Crippen LogP contribution < -0.4 is 10.1 Å². The molecule has 1 unspecified atom stereocenters. The lowest BCUT2D eigenvalue weighted by molar-refractivity contribution is -0.136. The van der Waals surface area contributed by atoms with Gasteiger partial charge in [-0.2, -0.15) is 0 Å². The van der Waals surface area contributed by atoms with Crippen molar-refractivity contribution in [2.45, 2.75) is 49.5 Å². The molecule has 2 aliphatic heterocycles. The number of benzene rings is 4. The van der Waals surface area contributed by atoms with Gasteiger partial charge in [-0.05, 0) is 83.5 Å². The molecule has 2 heterocycles. The maximum atomic E-state index is 13.3. The van der Waals surface area contributed by atoms with Crippen molar-refractivity contribution >= 4 is 64.0 Å². The van der Waals surface area contributed by atoms with E-state index in [0.717, 1.165) is 45.8 Å². The number of nitrogens with zero attached hydrogens (tertiary/aromatic N) is 2. The van der Waals surface area contributed by atoms with Crippen molar-refractivity contribution in [1.82, 2.24) is 15.1 Å². The Hall–Kier alpha value is -5.19.